The molecule has 4 N–H and O–H groups in total. The predicted octanol–water partition coefficient (Wildman–Crippen LogP) is 1.13. The van der Waals surface area contributed by atoms with Gasteiger partial charge < -0.3 is 30.1 Å². The third kappa shape index (κ3) is 4.30. The van der Waals surface area contributed by atoms with E-state index in [0.29, 0.717) is 23.6 Å². The van der Waals surface area contributed by atoms with Crippen molar-refractivity contribution >= 4 is 17.0 Å². The molecule has 0 bridgehead atoms. The maximum atomic E-state index is 13.4. The highest BCUT2D eigenvalue weighted by atomic mass is 19.1. The predicted molar refractivity (Wildman–Crippen MR) is 115 cm³/mol. The molecule has 5 rings (SSSR count). The van der Waals surface area contributed by atoms with Gasteiger partial charge in [-0.2, -0.15) is 0 Å². The van der Waals surface area contributed by atoms with Gasteiger partial charge in [-0.15, -0.1) is 0 Å². The number of aliphatic hydroxyl groups excluding tert-OH is 3. The number of nitrogens with one attached hydrogen (secondary N) is 1. The summed E-state index contributed by atoms with van der Waals surface area (Å²) in [4.78, 5) is 13.0. The number of aromatic nitrogens is 4. The maximum absolute atomic E-state index is 13.4. The van der Waals surface area contributed by atoms with Crippen molar-refractivity contribution in [2.45, 2.75) is 62.6 Å². The third-order valence-electron chi connectivity index (χ3n) is 6.28. The molecule has 0 radical (unpaired) electrons. The monoisotopic (exact) mass is 459 g/mol. The van der Waals surface area contributed by atoms with Crippen molar-refractivity contribution in [1.82, 2.24) is 19.5 Å². The van der Waals surface area contributed by atoms with Crippen LogP contribution in [0.1, 0.15) is 31.1 Å². The molecular formula is C22H26FN5O5. The lowest BCUT2D eigenvalue weighted by molar-refractivity contribution is -0.0511. The molecular weight excluding hydrogens is 433 g/mol. The van der Waals surface area contributed by atoms with Gasteiger partial charge in [0.1, 0.15) is 30.5 Å². The SMILES string of the molecule is OCC1OC(n2cnc3c(NC4CCC[C@H]4OCc4cccc(F)c4)ncnc32)[C@H](O)[C@@H]1O. The summed E-state index contributed by atoms with van der Waals surface area (Å²) in [5, 5.41) is 33.2. The Bertz CT molecular complexity index is 1110. The van der Waals surface area contributed by atoms with Crippen molar-refractivity contribution in [2.75, 3.05) is 11.9 Å². The van der Waals surface area contributed by atoms with E-state index in [-0.39, 0.29) is 18.0 Å². The molecule has 0 amide bonds. The van der Waals surface area contributed by atoms with Gasteiger partial charge in [-0.3, -0.25) is 4.57 Å². The number of ether oxygens (including phenoxy) is 2. The number of hydrogen-bond acceptors (Lipinski definition) is 9. The summed E-state index contributed by atoms with van der Waals surface area (Å²) in [6.07, 6.45) is 1.26. The van der Waals surface area contributed by atoms with Crippen molar-refractivity contribution < 1.29 is 29.2 Å². The molecule has 3 heterocycles. The fraction of sp³-hybridized carbons (Fsp3) is 0.500. The van der Waals surface area contributed by atoms with Crippen LogP contribution < -0.4 is 5.32 Å². The van der Waals surface area contributed by atoms with Gasteiger partial charge in [-0.25, -0.2) is 19.3 Å². The molecule has 1 saturated heterocycles. The van der Waals surface area contributed by atoms with Gasteiger partial charge in [0.15, 0.2) is 23.2 Å². The highest BCUT2D eigenvalue weighted by Gasteiger charge is 2.44. The average Bonchev–Trinajstić information content (AvgIpc) is 3.51. The zero-order valence-corrected chi connectivity index (χ0v) is 17.8. The Balaban J connectivity index is 1.32. The van der Waals surface area contributed by atoms with Gasteiger partial charge in [0, 0.05) is 0 Å². The summed E-state index contributed by atoms with van der Waals surface area (Å²) in [7, 11) is 0. The molecule has 3 unspecified atom stereocenters. The van der Waals surface area contributed by atoms with E-state index >= 15 is 0 Å². The third-order valence-corrected chi connectivity index (χ3v) is 6.28. The molecule has 0 spiro atoms. The largest absolute Gasteiger partial charge is 0.394 e. The lowest BCUT2D eigenvalue weighted by atomic mass is 10.1. The van der Waals surface area contributed by atoms with Crippen molar-refractivity contribution in [3.05, 3.63) is 48.3 Å². The Labute approximate surface area is 189 Å². The number of halogens is 1. The van der Waals surface area contributed by atoms with E-state index in [1.165, 1.54) is 29.4 Å². The van der Waals surface area contributed by atoms with Crippen LogP contribution in [-0.4, -0.2) is 71.9 Å². The van der Waals surface area contributed by atoms with E-state index in [0.717, 1.165) is 24.8 Å². The second kappa shape index (κ2) is 9.27. The molecule has 10 nitrogen and oxygen atoms in total. The van der Waals surface area contributed by atoms with E-state index in [9.17, 15) is 19.7 Å². The standard InChI is InChI=1S/C22H26FN5O5/c23-13-4-1-3-12(7-13)9-32-15-6-2-5-14(15)27-20-17-21(25-10-24-20)28(11-26-17)22-19(31)18(30)16(8-29)33-22/h1,3-4,7,10-11,14-16,18-19,22,29-31H,2,5-6,8-9H2,(H,24,25,27)/t14?,15-,16?,18-,19-,22?/m1/s1. The number of benzene rings is 1. The smallest absolute Gasteiger partial charge is 0.167 e. The van der Waals surface area contributed by atoms with Crippen LogP contribution in [0.4, 0.5) is 10.2 Å². The zero-order valence-electron chi connectivity index (χ0n) is 17.8. The fourth-order valence-electron chi connectivity index (χ4n) is 4.55. The van der Waals surface area contributed by atoms with Gasteiger partial charge >= 0.3 is 0 Å². The summed E-state index contributed by atoms with van der Waals surface area (Å²) in [6.45, 7) is -0.0957. The highest BCUT2D eigenvalue weighted by Crippen LogP contribution is 2.33. The minimum Gasteiger partial charge on any atom is -0.394 e. The van der Waals surface area contributed by atoms with Gasteiger partial charge in [0.2, 0.25) is 0 Å². The second-order valence-corrected chi connectivity index (χ2v) is 8.44. The van der Waals surface area contributed by atoms with Crippen molar-refractivity contribution in [3.63, 3.8) is 0 Å². The van der Waals surface area contributed by atoms with E-state index in [2.05, 4.69) is 20.3 Å². The topological polar surface area (TPSA) is 135 Å². The number of nitrogens with zero attached hydrogens (tertiary/aromatic N) is 4. The number of fused-ring (bicyclic) bond motifs is 1. The Morgan fingerprint density at radius 1 is 1.18 bits per heavy atom. The number of rotatable bonds is 7. The molecule has 1 aliphatic carbocycles. The first-order valence-electron chi connectivity index (χ1n) is 11.0. The molecule has 2 fully saturated rings. The van der Waals surface area contributed by atoms with Gasteiger partial charge in [-0.05, 0) is 37.0 Å². The minimum absolute atomic E-state index is 0.00396. The van der Waals surface area contributed by atoms with Crippen LogP contribution in [0.15, 0.2) is 36.9 Å². The molecule has 11 heteroatoms. The van der Waals surface area contributed by atoms with E-state index in [4.69, 9.17) is 9.47 Å². The number of imidazole rings is 1. The van der Waals surface area contributed by atoms with E-state index < -0.39 is 31.1 Å². The molecule has 33 heavy (non-hydrogen) atoms. The van der Waals surface area contributed by atoms with Crippen LogP contribution in [0, 0.1) is 5.82 Å². The zero-order chi connectivity index (χ0) is 22.9. The first-order valence-corrected chi connectivity index (χ1v) is 11.0. The summed E-state index contributed by atoms with van der Waals surface area (Å²) in [5.41, 5.74) is 1.70. The number of hydrogen-bond donors (Lipinski definition) is 4. The average molecular weight is 459 g/mol. The molecule has 1 saturated carbocycles. The fourth-order valence-corrected chi connectivity index (χ4v) is 4.55. The van der Waals surface area contributed by atoms with Gasteiger partial charge in [0.05, 0.1) is 31.7 Å². The molecule has 2 aromatic heterocycles. The Morgan fingerprint density at radius 2 is 2.06 bits per heavy atom. The van der Waals surface area contributed by atoms with Crippen LogP contribution in [0.2, 0.25) is 0 Å². The molecule has 6 atom stereocenters. The lowest BCUT2D eigenvalue weighted by Crippen LogP contribution is -2.33. The molecule has 1 aromatic carbocycles. The van der Waals surface area contributed by atoms with Crippen LogP contribution in [0.25, 0.3) is 11.2 Å². The first-order chi connectivity index (χ1) is 16.0. The van der Waals surface area contributed by atoms with E-state index in [1.807, 2.05) is 6.07 Å². The Morgan fingerprint density at radius 3 is 2.85 bits per heavy atom. The normalized spacial score (nSPS) is 29.7. The van der Waals surface area contributed by atoms with Crippen LogP contribution in [0.3, 0.4) is 0 Å². The highest BCUT2D eigenvalue weighted by molar-refractivity contribution is 5.82. The summed E-state index contributed by atoms with van der Waals surface area (Å²) < 4.78 is 26.6. The Hall–Kier alpha value is -2.70. The van der Waals surface area contributed by atoms with Crippen molar-refractivity contribution in [2.24, 2.45) is 0 Å². The van der Waals surface area contributed by atoms with Gasteiger partial charge in [0.25, 0.3) is 0 Å². The molecule has 176 valence electrons. The van der Waals surface area contributed by atoms with E-state index in [1.54, 1.807) is 6.07 Å². The number of aliphatic hydroxyl groups is 3. The van der Waals surface area contributed by atoms with Crippen LogP contribution in [0.5, 0.6) is 0 Å². The lowest BCUT2D eigenvalue weighted by Gasteiger charge is -2.22. The van der Waals surface area contributed by atoms with Crippen molar-refractivity contribution in [1.29, 1.82) is 0 Å². The quantitative estimate of drug-likeness (QED) is 0.410. The molecule has 1 aliphatic heterocycles. The van der Waals surface area contributed by atoms with Crippen LogP contribution in [-0.2, 0) is 16.1 Å². The molecule has 2 aliphatic rings. The first kappa shape index (κ1) is 22.1. The minimum atomic E-state index is -1.23. The maximum Gasteiger partial charge on any atom is 0.167 e. The second-order valence-electron chi connectivity index (χ2n) is 8.44. The summed E-state index contributed by atoms with van der Waals surface area (Å²) in [6, 6.07) is 6.37. The van der Waals surface area contributed by atoms with Gasteiger partial charge in [-0.1, -0.05) is 12.1 Å². The summed E-state index contributed by atoms with van der Waals surface area (Å²) >= 11 is 0. The molecule has 3 aromatic rings. The summed E-state index contributed by atoms with van der Waals surface area (Å²) in [5.74, 6) is 0.238. The Kier molecular flexibility index (Phi) is 6.21. The van der Waals surface area contributed by atoms with Crippen LogP contribution >= 0.6 is 0 Å². The van der Waals surface area contributed by atoms with Crippen molar-refractivity contribution in [3.8, 4) is 0 Å². The number of anilines is 1.